The summed E-state index contributed by atoms with van der Waals surface area (Å²) < 4.78 is -0.125. The third kappa shape index (κ3) is 3.73. The van der Waals surface area contributed by atoms with Gasteiger partial charge in [0, 0.05) is 24.0 Å². The molecule has 1 aliphatic heterocycles. The number of carboxylic acid groups (broad SMARTS) is 2. The van der Waals surface area contributed by atoms with Crippen molar-refractivity contribution in [3.63, 3.8) is 0 Å². The topological polar surface area (TPSA) is 115 Å². The van der Waals surface area contributed by atoms with Crippen LogP contribution in [-0.4, -0.2) is 62.0 Å². The van der Waals surface area contributed by atoms with E-state index in [0.717, 1.165) is 0 Å². The van der Waals surface area contributed by atoms with Gasteiger partial charge in [0.15, 0.2) is 18.6 Å². The fourth-order valence-corrected chi connectivity index (χ4v) is 4.09. The number of nitrogens with zero attached hydrogens (tertiary/aromatic N) is 1. The molecule has 0 spiro atoms. The Bertz CT molecular complexity index is 815. The molecule has 1 aliphatic rings. The highest BCUT2D eigenvalue weighted by atomic mass is 16.4. The van der Waals surface area contributed by atoms with Gasteiger partial charge in [-0.3, -0.25) is 4.48 Å². The highest BCUT2D eigenvalue weighted by Crippen LogP contribution is 2.49. The molecule has 0 amide bonds. The van der Waals surface area contributed by atoms with E-state index in [2.05, 4.69) is 0 Å². The van der Waals surface area contributed by atoms with E-state index in [4.69, 9.17) is 0 Å². The predicted molar refractivity (Wildman–Crippen MR) is 96.5 cm³/mol. The largest absolute Gasteiger partial charge is 0.508 e. The zero-order valence-corrected chi connectivity index (χ0v) is 14.7. The van der Waals surface area contributed by atoms with Gasteiger partial charge in [0.1, 0.15) is 18.0 Å². The van der Waals surface area contributed by atoms with Gasteiger partial charge in [-0.2, -0.15) is 0 Å². The van der Waals surface area contributed by atoms with Crippen molar-refractivity contribution >= 4 is 11.9 Å². The number of phenols is 2. The van der Waals surface area contributed by atoms with Crippen LogP contribution in [0.3, 0.4) is 0 Å². The quantitative estimate of drug-likeness (QED) is 0.413. The Morgan fingerprint density at radius 3 is 1.59 bits per heavy atom. The van der Waals surface area contributed by atoms with Gasteiger partial charge in [-0.1, -0.05) is 36.4 Å². The van der Waals surface area contributed by atoms with Gasteiger partial charge in [-0.25, -0.2) is 9.59 Å². The molecule has 0 atom stereocenters. The minimum absolute atomic E-state index is 0.0878. The SMILES string of the molecule is O=C(O)C[N+]1(CC(=O)O)CC1(Cc1ccccc1O)Cc1ccccc1O. The third-order valence-corrected chi connectivity index (χ3v) is 5.40. The lowest BCUT2D eigenvalue weighted by molar-refractivity contribution is -0.814. The van der Waals surface area contributed by atoms with Crippen LogP contribution in [-0.2, 0) is 22.4 Å². The standard InChI is InChI=1S/C20H21NO6/c22-16-7-3-1-5-14(16)9-20(10-15-6-2-4-8-17(15)23)13-21(20,11-18(24)25)12-19(26)27/h1-8H,9-13H2,(H3-,22,23,24,25,26,27)/p+1. The fraction of sp³-hybridized carbons (Fsp3) is 0.300. The summed E-state index contributed by atoms with van der Waals surface area (Å²) in [6, 6.07) is 13.5. The molecule has 0 unspecified atom stereocenters. The summed E-state index contributed by atoms with van der Waals surface area (Å²) in [5, 5.41) is 39.1. The van der Waals surface area contributed by atoms with E-state index in [1.54, 1.807) is 48.5 Å². The van der Waals surface area contributed by atoms with E-state index in [-0.39, 0.29) is 29.1 Å². The predicted octanol–water partition coefficient (Wildman–Crippen LogP) is 1.62. The number of hydrogen-bond donors (Lipinski definition) is 4. The Balaban J connectivity index is 2.01. The molecule has 1 fully saturated rings. The first kappa shape index (κ1) is 18.7. The molecule has 1 saturated heterocycles. The van der Waals surface area contributed by atoms with Crippen LogP contribution in [0.25, 0.3) is 0 Å². The number of para-hydroxylation sites is 2. The number of carbonyl (C=O) groups is 2. The number of benzene rings is 2. The molecule has 3 rings (SSSR count). The van der Waals surface area contributed by atoms with Gasteiger partial charge in [-0.15, -0.1) is 0 Å². The van der Waals surface area contributed by atoms with Crippen LogP contribution in [0.4, 0.5) is 0 Å². The minimum Gasteiger partial charge on any atom is -0.508 e. The fourth-order valence-electron chi connectivity index (χ4n) is 4.09. The lowest BCUT2D eigenvalue weighted by Gasteiger charge is -2.25. The number of aromatic hydroxyl groups is 2. The molecular formula is C20H22NO6+. The molecule has 0 aliphatic carbocycles. The zero-order valence-electron chi connectivity index (χ0n) is 14.7. The molecule has 7 heteroatoms. The first-order valence-corrected chi connectivity index (χ1v) is 8.60. The number of rotatable bonds is 8. The first-order valence-electron chi connectivity index (χ1n) is 8.60. The average Bonchev–Trinajstić information content (AvgIpc) is 3.15. The van der Waals surface area contributed by atoms with E-state index >= 15 is 0 Å². The maximum absolute atomic E-state index is 11.5. The molecule has 27 heavy (non-hydrogen) atoms. The maximum Gasteiger partial charge on any atom is 0.359 e. The van der Waals surface area contributed by atoms with Crippen molar-refractivity contribution in [2.75, 3.05) is 19.6 Å². The van der Waals surface area contributed by atoms with E-state index in [1.165, 1.54) is 0 Å². The zero-order chi connectivity index (χ0) is 19.7. The molecular weight excluding hydrogens is 350 g/mol. The summed E-state index contributed by atoms with van der Waals surface area (Å²) in [6.45, 7) is -0.310. The molecule has 7 nitrogen and oxygen atoms in total. The minimum atomic E-state index is -1.08. The Hall–Kier alpha value is -3.06. The summed E-state index contributed by atoms with van der Waals surface area (Å²) in [5.74, 6) is -1.98. The van der Waals surface area contributed by atoms with Gasteiger partial charge < -0.3 is 20.4 Å². The average molecular weight is 372 g/mol. The first-order chi connectivity index (χ1) is 12.8. The second-order valence-corrected chi connectivity index (χ2v) is 7.24. The van der Waals surface area contributed by atoms with Gasteiger partial charge >= 0.3 is 11.9 Å². The van der Waals surface area contributed by atoms with Crippen LogP contribution < -0.4 is 0 Å². The Labute approximate surface area is 156 Å². The molecule has 0 bridgehead atoms. The Morgan fingerprint density at radius 2 is 1.22 bits per heavy atom. The highest BCUT2D eigenvalue weighted by Gasteiger charge is 2.70. The maximum atomic E-state index is 11.5. The van der Waals surface area contributed by atoms with Gasteiger partial charge in [0.2, 0.25) is 0 Å². The summed E-state index contributed by atoms with van der Waals surface area (Å²) in [6.07, 6.45) is 0.628. The molecule has 2 aromatic carbocycles. The van der Waals surface area contributed by atoms with Crippen LogP contribution in [0.15, 0.2) is 48.5 Å². The smallest absolute Gasteiger partial charge is 0.359 e. The van der Waals surface area contributed by atoms with Gasteiger partial charge in [0.05, 0.1) is 0 Å². The molecule has 1 heterocycles. The van der Waals surface area contributed by atoms with Crippen molar-refractivity contribution in [1.29, 1.82) is 0 Å². The van der Waals surface area contributed by atoms with Crippen molar-refractivity contribution < 1.29 is 34.5 Å². The van der Waals surface area contributed by atoms with Crippen molar-refractivity contribution in [3.05, 3.63) is 59.7 Å². The van der Waals surface area contributed by atoms with E-state index in [9.17, 15) is 30.0 Å². The Morgan fingerprint density at radius 1 is 0.815 bits per heavy atom. The van der Waals surface area contributed by atoms with Crippen molar-refractivity contribution in [2.24, 2.45) is 0 Å². The molecule has 4 N–H and O–H groups in total. The second kappa shape index (κ2) is 6.92. The molecule has 0 aromatic heterocycles. The van der Waals surface area contributed by atoms with Crippen LogP contribution in [0, 0.1) is 0 Å². The Kier molecular flexibility index (Phi) is 4.80. The van der Waals surface area contributed by atoms with Crippen molar-refractivity contribution in [3.8, 4) is 11.5 Å². The van der Waals surface area contributed by atoms with Crippen LogP contribution in [0.2, 0.25) is 0 Å². The molecule has 2 aromatic rings. The van der Waals surface area contributed by atoms with Crippen molar-refractivity contribution in [2.45, 2.75) is 18.4 Å². The number of phenolic OH excluding ortho intramolecular Hbond substituents is 2. The summed E-state index contributed by atoms with van der Waals surface area (Å²) in [4.78, 5) is 22.9. The molecule has 0 saturated carbocycles. The lowest BCUT2D eigenvalue weighted by atomic mass is 9.90. The summed E-state index contributed by atoms with van der Waals surface area (Å²) >= 11 is 0. The highest BCUT2D eigenvalue weighted by molar-refractivity contribution is 5.71. The molecule has 0 radical (unpaired) electrons. The van der Waals surface area contributed by atoms with Crippen molar-refractivity contribution in [1.82, 2.24) is 0 Å². The summed E-state index contributed by atoms with van der Waals surface area (Å²) in [7, 11) is 0. The van der Waals surface area contributed by atoms with Crippen LogP contribution in [0.5, 0.6) is 11.5 Å². The number of carboxylic acids is 2. The normalized spacial score (nSPS) is 16.6. The van der Waals surface area contributed by atoms with E-state index in [1.807, 2.05) is 0 Å². The number of aliphatic carboxylic acids is 2. The second-order valence-electron chi connectivity index (χ2n) is 7.24. The number of quaternary nitrogens is 1. The van der Waals surface area contributed by atoms with Crippen LogP contribution >= 0.6 is 0 Å². The monoisotopic (exact) mass is 372 g/mol. The van der Waals surface area contributed by atoms with E-state index in [0.29, 0.717) is 30.5 Å². The number of hydrogen-bond acceptors (Lipinski definition) is 4. The molecule has 142 valence electrons. The van der Waals surface area contributed by atoms with Crippen LogP contribution in [0.1, 0.15) is 11.1 Å². The lowest BCUT2D eigenvalue weighted by Crippen LogP contribution is -2.45. The third-order valence-electron chi connectivity index (χ3n) is 5.40. The van der Waals surface area contributed by atoms with E-state index < -0.39 is 17.5 Å². The van der Waals surface area contributed by atoms with Gasteiger partial charge in [-0.05, 0) is 12.1 Å². The summed E-state index contributed by atoms with van der Waals surface area (Å²) in [5.41, 5.74) is 0.529. The van der Waals surface area contributed by atoms with Gasteiger partial charge in [0.25, 0.3) is 0 Å².